The Bertz CT molecular complexity index is 224. The molecule has 3 heteroatoms. The number of hydrogen-bond acceptors (Lipinski definition) is 3. The van der Waals surface area contributed by atoms with Gasteiger partial charge in [-0.3, -0.25) is 0 Å². The third-order valence-corrected chi connectivity index (χ3v) is 4.78. The number of piperazine rings is 1. The second kappa shape index (κ2) is 7.46. The van der Waals surface area contributed by atoms with Crippen molar-refractivity contribution in [3.05, 3.63) is 0 Å². The van der Waals surface area contributed by atoms with Crippen molar-refractivity contribution in [1.29, 1.82) is 0 Å². The molecule has 0 amide bonds. The summed E-state index contributed by atoms with van der Waals surface area (Å²) in [6.07, 6.45) is 6.98. The molecule has 2 rings (SSSR count). The monoisotopic (exact) mass is 253 g/mol. The molecule has 0 aromatic heterocycles. The van der Waals surface area contributed by atoms with Gasteiger partial charge in [0.25, 0.3) is 0 Å². The Morgan fingerprint density at radius 1 is 1.00 bits per heavy atom. The number of nitrogens with zero attached hydrogens (tertiary/aromatic N) is 2. The van der Waals surface area contributed by atoms with Crippen LogP contribution in [-0.2, 0) is 0 Å². The van der Waals surface area contributed by atoms with Gasteiger partial charge in [0, 0.05) is 38.8 Å². The zero-order valence-electron chi connectivity index (χ0n) is 12.3. The second-order valence-electron chi connectivity index (χ2n) is 6.08. The van der Waals surface area contributed by atoms with E-state index in [1.165, 1.54) is 71.4 Å². The van der Waals surface area contributed by atoms with Gasteiger partial charge < -0.3 is 15.1 Å². The van der Waals surface area contributed by atoms with E-state index in [-0.39, 0.29) is 0 Å². The summed E-state index contributed by atoms with van der Waals surface area (Å²) in [4.78, 5) is 5.32. The van der Waals surface area contributed by atoms with Crippen molar-refractivity contribution in [1.82, 2.24) is 15.1 Å². The summed E-state index contributed by atoms with van der Waals surface area (Å²) in [5.41, 5.74) is 0. The summed E-state index contributed by atoms with van der Waals surface area (Å²) in [6.45, 7) is 10.0. The minimum Gasteiger partial charge on any atom is -0.317 e. The van der Waals surface area contributed by atoms with Crippen LogP contribution in [0.2, 0.25) is 0 Å². The molecule has 1 N–H and O–H groups in total. The van der Waals surface area contributed by atoms with E-state index in [9.17, 15) is 0 Å². The van der Waals surface area contributed by atoms with Gasteiger partial charge in [-0.25, -0.2) is 0 Å². The second-order valence-corrected chi connectivity index (χ2v) is 6.08. The maximum absolute atomic E-state index is 3.54. The van der Waals surface area contributed by atoms with Crippen LogP contribution >= 0.6 is 0 Å². The molecule has 0 spiro atoms. The summed E-state index contributed by atoms with van der Waals surface area (Å²) >= 11 is 0. The Balaban J connectivity index is 1.73. The molecule has 0 aromatic rings. The van der Waals surface area contributed by atoms with E-state index in [1.807, 2.05) is 0 Å². The van der Waals surface area contributed by atoms with Gasteiger partial charge in [-0.15, -0.1) is 0 Å². The lowest BCUT2D eigenvalue weighted by Crippen LogP contribution is -2.50. The zero-order valence-corrected chi connectivity index (χ0v) is 12.3. The molecule has 3 nitrogen and oxygen atoms in total. The van der Waals surface area contributed by atoms with Crippen LogP contribution in [0.3, 0.4) is 0 Å². The van der Waals surface area contributed by atoms with Gasteiger partial charge in [0.1, 0.15) is 0 Å². The van der Waals surface area contributed by atoms with Crippen molar-refractivity contribution < 1.29 is 0 Å². The van der Waals surface area contributed by atoms with Crippen LogP contribution in [0.25, 0.3) is 0 Å². The highest BCUT2D eigenvalue weighted by Gasteiger charge is 2.26. The fourth-order valence-electron chi connectivity index (χ4n) is 3.65. The normalized spacial score (nSPS) is 31.7. The summed E-state index contributed by atoms with van der Waals surface area (Å²) in [6, 6.07) is 0.771. The van der Waals surface area contributed by atoms with Crippen molar-refractivity contribution in [2.24, 2.45) is 5.92 Å². The third kappa shape index (κ3) is 3.94. The summed E-state index contributed by atoms with van der Waals surface area (Å²) in [7, 11) is 2.14. The minimum atomic E-state index is 0.771. The van der Waals surface area contributed by atoms with E-state index in [2.05, 4.69) is 29.1 Å². The molecule has 0 aromatic carbocycles. The Morgan fingerprint density at radius 3 is 2.33 bits per heavy atom. The molecule has 2 unspecified atom stereocenters. The highest BCUT2D eigenvalue weighted by Crippen LogP contribution is 2.25. The molecule has 106 valence electrons. The first-order chi connectivity index (χ1) is 8.83. The molecular weight excluding hydrogens is 222 g/mol. The molecule has 1 saturated carbocycles. The van der Waals surface area contributed by atoms with Crippen LogP contribution in [0.15, 0.2) is 0 Å². The van der Waals surface area contributed by atoms with E-state index >= 15 is 0 Å². The number of nitrogens with one attached hydrogen (secondary N) is 1. The minimum absolute atomic E-state index is 0.771. The first kappa shape index (κ1) is 14.3. The molecule has 0 radical (unpaired) electrons. The fraction of sp³-hybridized carbons (Fsp3) is 1.00. The van der Waals surface area contributed by atoms with Gasteiger partial charge in [0.05, 0.1) is 0 Å². The average Bonchev–Trinajstić information content (AvgIpc) is 2.42. The largest absolute Gasteiger partial charge is 0.317 e. The van der Waals surface area contributed by atoms with E-state index in [1.54, 1.807) is 0 Å². The molecule has 1 saturated heterocycles. The van der Waals surface area contributed by atoms with Crippen LogP contribution in [0.1, 0.15) is 39.0 Å². The maximum Gasteiger partial charge on any atom is 0.0110 e. The van der Waals surface area contributed by atoms with Crippen LogP contribution in [-0.4, -0.2) is 62.2 Å². The van der Waals surface area contributed by atoms with Crippen LogP contribution in [0, 0.1) is 5.92 Å². The SMILES string of the molecule is CCCN1CCN(CC2CCCCC2NC)CC1. The summed E-state index contributed by atoms with van der Waals surface area (Å²) in [5, 5.41) is 3.54. The van der Waals surface area contributed by atoms with Gasteiger partial charge in [-0.05, 0) is 38.8 Å². The van der Waals surface area contributed by atoms with Gasteiger partial charge in [-0.2, -0.15) is 0 Å². The van der Waals surface area contributed by atoms with Crippen LogP contribution in [0.5, 0.6) is 0 Å². The van der Waals surface area contributed by atoms with Crippen molar-refractivity contribution in [3.63, 3.8) is 0 Å². The summed E-state index contributed by atoms with van der Waals surface area (Å²) < 4.78 is 0. The quantitative estimate of drug-likeness (QED) is 0.806. The maximum atomic E-state index is 3.54. The molecule has 0 bridgehead atoms. The Labute approximate surface area is 113 Å². The van der Waals surface area contributed by atoms with E-state index in [0.717, 1.165) is 12.0 Å². The predicted octanol–water partition coefficient (Wildman–Crippen LogP) is 1.79. The molecule has 1 aliphatic heterocycles. The lowest BCUT2D eigenvalue weighted by atomic mass is 9.84. The Hall–Kier alpha value is -0.120. The van der Waals surface area contributed by atoms with Gasteiger partial charge in [0.2, 0.25) is 0 Å². The summed E-state index contributed by atoms with van der Waals surface area (Å²) in [5.74, 6) is 0.890. The molecule has 2 atom stereocenters. The molecule has 1 aliphatic carbocycles. The van der Waals surface area contributed by atoms with Gasteiger partial charge in [0.15, 0.2) is 0 Å². The van der Waals surface area contributed by atoms with Gasteiger partial charge >= 0.3 is 0 Å². The highest BCUT2D eigenvalue weighted by molar-refractivity contribution is 4.83. The van der Waals surface area contributed by atoms with Crippen molar-refractivity contribution >= 4 is 0 Å². The Kier molecular flexibility index (Phi) is 5.93. The first-order valence-electron chi connectivity index (χ1n) is 7.95. The van der Waals surface area contributed by atoms with Crippen LogP contribution in [0.4, 0.5) is 0 Å². The van der Waals surface area contributed by atoms with Gasteiger partial charge in [-0.1, -0.05) is 19.8 Å². The molecule has 2 fully saturated rings. The van der Waals surface area contributed by atoms with E-state index in [0.29, 0.717) is 0 Å². The van der Waals surface area contributed by atoms with Crippen LogP contribution < -0.4 is 5.32 Å². The molecule has 18 heavy (non-hydrogen) atoms. The lowest BCUT2D eigenvalue weighted by molar-refractivity contribution is 0.100. The molecular formula is C15H31N3. The predicted molar refractivity (Wildman–Crippen MR) is 78.0 cm³/mol. The smallest absolute Gasteiger partial charge is 0.0110 e. The molecule has 1 heterocycles. The topological polar surface area (TPSA) is 18.5 Å². The van der Waals surface area contributed by atoms with E-state index in [4.69, 9.17) is 0 Å². The first-order valence-corrected chi connectivity index (χ1v) is 7.95. The standard InChI is InChI=1S/C15H31N3/c1-3-8-17-9-11-18(12-10-17)13-14-6-4-5-7-15(14)16-2/h14-16H,3-13H2,1-2H3. The lowest BCUT2D eigenvalue weighted by Gasteiger charge is -2.39. The molecule has 2 aliphatic rings. The highest BCUT2D eigenvalue weighted by atomic mass is 15.3. The van der Waals surface area contributed by atoms with Crippen molar-refractivity contribution in [2.45, 2.75) is 45.1 Å². The zero-order chi connectivity index (χ0) is 12.8. The average molecular weight is 253 g/mol. The van der Waals surface area contributed by atoms with Crippen molar-refractivity contribution in [2.75, 3.05) is 46.3 Å². The van der Waals surface area contributed by atoms with Crippen molar-refractivity contribution in [3.8, 4) is 0 Å². The van der Waals surface area contributed by atoms with E-state index < -0.39 is 0 Å². The number of rotatable bonds is 5. The number of hydrogen-bond donors (Lipinski definition) is 1. The fourth-order valence-corrected chi connectivity index (χ4v) is 3.65. The third-order valence-electron chi connectivity index (χ3n) is 4.78. The Morgan fingerprint density at radius 2 is 1.67 bits per heavy atom.